The van der Waals surface area contributed by atoms with Crippen LogP contribution < -0.4 is 0 Å². The second-order valence-electron chi connectivity index (χ2n) is 4.86. The average Bonchev–Trinajstić information content (AvgIpc) is 2.98. The van der Waals surface area contributed by atoms with Crippen molar-refractivity contribution in [3.63, 3.8) is 0 Å². The molecular weight excluding hydrogens is 238 g/mol. The molecule has 0 bridgehead atoms. The fourth-order valence-electron chi connectivity index (χ4n) is 2.82. The van der Waals surface area contributed by atoms with Crippen LogP contribution in [0.4, 0.5) is 0 Å². The third-order valence-electron chi connectivity index (χ3n) is 3.74. The second-order valence-corrected chi connectivity index (χ2v) is 4.86. The number of likely N-dealkylation sites (tertiary alicyclic amines) is 1. The molecule has 0 aromatic rings. The normalized spacial score (nSPS) is 31.8. The quantitative estimate of drug-likeness (QED) is 0.781. The van der Waals surface area contributed by atoms with Gasteiger partial charge in [0.25, 0.3) is 5.91 Å². The van der Waals surface area contributed by atoms with E-state index in [0.29, 0.717) is 32.4 Å². The van der Waals surface area contributed by atoms with Crippen LogP contribution in [0.3, 0.4) is 0 Å². The van der Waals surface area contributed by atoms with E-state index in [-0.39, 0.29) is 12.5 Å². The summed E-state index contributed by atoms with van der Waals surface area (Å²) in [6.07, 6.45) is 2.19. The van der Waals surface area contributed by atoms with Gasteiger partial charge in [-0.15, -0.1) is 0 Å². The minimum atomic E-state index is -1.21. The van der Waals surface area contributed by atoms with E-state index in [2.05, 4.69) is 0 Å². The first-order chi connectivity index (χ1) is 8.62. The molecule has 0 aliphatic carbocycles. The molecule has 0 saturated carbocycles. The highest BCUT2D eigenvalue weighted by Crippen LogP contribution is 2.32. The maximum Gasteiger partial charge on any atom is 0.332 e. The van der Waals surface area contributed by atoms with Gasteiger partial charge in [0.05, 0.1) is 6.61 Å². The van der Waals surface area contributed by atoms with Crippen LogP contribution in [0.5, 0.6) is 0 Å². The lowest BCUT2D eigenvalue weighted by Gasteiger charge is -2.35. The van der Waals surface area contributed by atoms with Crippen molar-refractivity contribution >= 4 is 11.9 Å². The van der Waals surface area contributed by atoms with Crippen LogP contribution in [-0.4, -0.2) is 60.4 Å². The lowest BCUT2D eigenvalue weighted by molar-refractivity contribution is -0.164. The molecule has 6 nitrogen and oxygen atoms in total. The molecule has 2 aliphatic rings. The molecule has 0 spiro atoms. The Bertz CT molecular complexity index is 339. The molecule has 1 amide bonds. The number of carbonyl (C=O) groups is 2. The summed E-state index contributed by atoms with van der Waals surface area (Å²) in [5.41, 5.74) is -1.21. The van der Waals surface area contributed by atoms with Gasteiger partial charge in [0.2, 0.25) is 0 Å². The van der Waals surface area contributed by atoms with Crippen molar-refractivity contribution in [2.24, 2.45) is 0 Å². The van der Waals surface area contributed by atoms with Crippen LogP contribution in [0, 0.1) is 0 Å². The van der Waals surface area contributed by atoms with Gasteiger partial charge >= 0.3 is 5.97 Å². The molecule has 6 heteroatoms. The first kappa shape index (κ1) is 13.3. The molecule has 18 heavy (non-hydrogen) atoms. The molecule has 0 aromatic heterocycles. The smallest absolute Gasteiger partial charge is 0.332 e. The van der Waals surface area contributed by atoms with Crippen LogP contribution in [-0.2, 0) is 19.1 Å². The van der Waals surface area contributed by atoms with Gasteiger partial charge in [0.1, 0.15) is 6.10 Å². The Hall–Kier alpha value is -1.14. The summed E-state index contributed by atoms with van der Waals surface area (Å²) in [5.74, 6) is -1.20. The van der Waals surface area contributed by atoms with E-state index in [0.717, 1.165) is 6.42 Å². The number of methoxy groups -OCH3 is 1. The molecule has 2 unspecified atom stereocenters. The minimum absolute atomic E-state index is 0.0286. The topological polar surface area (TPSA) is 76.1 Å². The molecule has 2 fully saturated rings. The van der Waals surface area contributed by atoms with Crippen molar-refractivity contribution in [1.29, 1.82) is 0 Å². The molecule has 0 radical (unpaired) electrons. The number of hydrogen-bond donors (Lipinski definition) is 1. The summed E-state index contributed by atoms with van der Waals surface area (Å²) >= 11 is 0. The molecule has 2 heterocycles. The van der Waals surface area contributed by atoms with Gasteiger partial charge in [0.15, 0.2) is 5.54 Å². The number of carboxylic acids is 1. The minimum Gasteiger partial charge on any atom is -0.479 e. The fraction of sp³-hybridized carbons (Fsp3) is 0.833. The zero-order valence-corrected chi connectivity index (χ0v) is 10.6. The first-order valence-electron chi connectivity index (χ1n) is 6.27. The van der Waals surface area contributed by atoms with Crippen molar-refractivity contribution in [3.05, 3.63) is 0 Å². The molecule has 1 N–H and O–H groups in total. The maximum absolute atomic E-state index is 12.3. The van der Waals surface area contributed by atoms with Gasteiger partial charge in [-0.3, -0.25) is 4.79 Å². The van der Waals surface area contributed by atoms with E-state index < -0.39 is 17.6 Å². The van der Waals surface area contributed by atoms with Crippen molar-refractivity contribution in [2.75, 3.05) is 26.9 Å². The highest BCUT2D eigenvalue weighted by molar-refractivity contribution is 5.90. The van der Waals surface area contributed by atoms with E-state index in [1.165, 1.54) is 12.0 Å². The van der Waals surface area contributed by atoms with E-state index in [4.69, 9.17) is 9.47 Å². The molecule has 2 saturated heterocycles. The number of nitrogens with zero attached hydrogens (tertiary/aromatic N) is 1. The standard InChI is InChI=1S/C12H19NO5/c1-17-8-12(11(15)16)5-3-6-13(12)10(14)9-4-2-7-18-9/h9H,2-8H2,1H3,(H,15,16). The third kappa shape index (κ3) is 2.10. The van der Waals surface area contributed by atoms with Crippen molar-refractivity contribution in [2.45, 2.75) is 37.3 Å². The van der Waals surface area contributed by atoms with Crippen LogP contribution in [0.2, 0.25) is 0 Å². The van der Waals surface area contributed by atoms with E-state index in [9.17, 15) is 14.7 Å². The Kier molecular flexibility index (Phi) is 3.87. The lowest BCUT2D eigenvalue weighted by Crippen LogP contribution is -2.58. The third-order valence-corrected chi connectivity index (χ3v) is 3.74. The second kappa shape index (κ2) is 5.24. The first-order valence-corrected chi connectivity index (χ1v) is 6.27. The summed E-state index contributed by atoms with van der Waals surface area (Å²) in [7, 11) is 1.46. The highest BCUT2D eigenvalue weighted by atomic mass is 16.5. The number of hydrogen-bond acceptors (Lipinski definition) is 4. The van der Waals surface area contributed by atoms with Crippen LogP contribution in [0.25, 0.3) is 0 Å². The van der Waals surface area contributed by atoms with Crippen molar-refractivity contribution in [3.8, 4) is 0 Å². The molecule has 102 valence electrons. The van der Waals surface area contributed by atoms with Crippen LogP contribution in [0.15, 0.2) is 0 Å². The van der Waals surface area contributed by atoms with Crippen LogP contribution in [0.1, 0.15) is 25.7 Å². The predicted octanol–water partition coefficient (Wildman–Crippen LogP) is 0.258. The van der Waals surface area contributed by atoms with E-state index in [1.54, 1.807) is 0 Å². The highest BCUT2D eigenvalue weighted by Gasteiger charge is 2.51. The van der Waals surface area contributed by atoms with Gasteiger partial charge in [-0.25, -0.2) is 4.79 Å². The maximum atomic E-state index is 12.3. The summed E-state index contributed by atoms with van der Waals surface area (Å²) in [5, 5.41) is 9.44. The Labute approximate surface area is 106 Å². The SMILES string of the molecule is COCC1(C(=O)O)CCCN1C(=O)C1CCCO1. The monoisotopic (exact) mass is 257 g/mol. The number of aliphatic carboxylic acids is 1. The van der Waals surface area contributed by atoms with Gasteiger partial charge in [-0.1, -0.05) is 0 Å². The van der Waals surface area contributed by atoms with E-state index in [1.807, 2.05) is 0 Å². The lowest BCUT2D eigenvalue weighted by atomic mass is 9.96. The number of carboxylic acid groups (broad SMARTS) is 1. The van der Waals surface area contributed by atoms with Gasteiger partial charge in [0, 0.05) is 20.3 Å². The zero-order valence-electron chi connectivity index (χ0n) is 10.6. The largest absolute Gasteiger partial charge is 0.479 e. The molecule has 2 rings (SSSR count). The van der Waals surface area contributed by atoms with Crippen molar-refractivity contribution in [1.82, 2.24) is 4.90 Å². The predicted molar refractivity (Wildman–Crippen MR) is 62.2 cm³/mol. The van der Waals surface area contributed by atoms with Gasteiger partial charge < -0.3 is 19.5 Å². The fourth-order valence-corrected chi connectivity index (χ4v) is 2.82. The Morgan fingerprint density at radius 1 is 1.50 bits per heavy atom. The number of ether oxygens (including phenoxy) is 2. The number of carbonyl (C=O) groups excluding carboxylic acids is 1. The summed E-state index contributed by atoms with van der Waals surface area (Å²) in [6.45, 7) is 1.07. The Morgan fingerprint density at radius 2 is 2.28 bits per heavy atom. The number of rotatable bonds is 4. The van der Waals surface area contributed by atoms with Crippen molar-refractivity contribution < 1.29 is 24.2 Å². The van der Waals surface area contributed by atoms with E-state index >= 15 is 0 Å². The summed E-state index contributed by atoms with van der Waals surface area (Å²) < 4.78 is 10.4. The molecular formula is C12H19NO5. The molecule has 2 atom stereocenters. The van der Waals surface area contributed by atoms with Gasteiger partial charge in [-0.05, 0) is 25.7 Å². The molecule has 0 aromatic carbocycles. The summed E-state index contributed by atoms with van der Waals surface area (Å²) in [4.78, 5) is 25.3. The Morgan fingerprint density at radius 3 is 2.83 bits per heavy atom. The summed E-state index contributed by atoms with van der Waals surface area (Å²) in [6, 6.07) is 0. The van der Waals surface area contributed by atoms with Crippen LogP contribution >= 0.6 is 0 Å². The zero-order chi connectivity index (χ0) is 13.2. The Balaban J connectivity index is 2.18. The average molecular weight is 257 g/mol. The number of amides is 1. The molecule has 2 aliphatic heterocycles. The van der Waals surface area contributed by atoms with Gasteiger partial charge in [-0.2, -0.15) is 0 Å².